The molecule has 0 radical (unpaired) electrons. The number of rotatable bonds is 1. The van der Waals surface area contributed by atoms with Gasteiger partial charge in [0.15, 0.2) is 5.82 Å². The number of hydrogen-bond donors (Lipinski definition) is 0. The van der Waals surface area contributed by atoms with E-state index >= 15 is 0 Å². The topological polar surface area (TPSA) is 43.6 Å². The maximum Gasteiger partial charge on any atom is 0.171 e. The summed E-state index contributed by atoms with van der Waals surface area (Å²) in [5.41, 5.74) is 0.963. The minimum Gasteiger partial charge on any atom is -0.244 e. The molecule has 0 aliphatic heterocycles. The van der Waals surface area contributed by atoms with Crippen LogP contribution in [0.4, 0.5) is 0 Å². The second kappa shape index (κ2) is 3.26. The molecule has 13 heavy (non-hydrogen) atoms. The average Bonchev–Trinajstić information content (AvgIpc) is 2.53. The highest BCUT2D eigenvalue weighted by Crippen LogP contribution is 2.06. The normalized spacial score (nSPS) is 10.3. The summed E-state index contributed by atoms with van der Waals surface area (Å²) in [7, 11) is 0. The Morgan fingerprint density at radius 1 is 1.31 bits per heavy atom. The van der Waals surface area contributed by atoms with Crippen LogP contribution in [-0.4, -0.2) is 19.7 Å². The van der Waals surface area contributed by atoms with E-state index in [1.165, 1.54) is 0 Å². The lowest BCUT2D eigenvalue weighted by molar-refractivity contribution is 0.822. The minimum absolute atomic E-state index is 0.719. The Kier molecular flexibility index (Phi) is 2.10. The molecule has 2 heterocycles. The predicted octanol–water partition coefficient (Wildman–Crippen LogP) is 1.73. The Morgan fingerprint density at radius 2 is 2.15 bits per heavy atom. The molecule has 0 aromatic carbocycles. The van der Waals surface area contributed by atoms with Crippen LogP contribution in [0.25, 0.3) is 5.82 Å². The Hall–Kier alpha value is -1.23. The van der Waals surface area contributed by atoms with E-state index in [9.17, 15) is 0 Å². The number of halogens is 1. The lowest BCUT2D eigenvalue weighted by Gasteiger charge is -1.97. The van der Waals surface area contributed by atoms with E-state index in [2.05, 4.69) is 31.0 Å². The molecule has 0 aliphatic carbocycles. The molecule has 0 fully saturated rings. The summed E-state index contributed by atoms with van der Waals surface area (Å²) in [5.74, 6) is 0.719. The van der Waals surface area contributed by atoms with Crippen molar-refractivity contribution in [3.63, 3.8) is 0 Å². The Labute approximate surface area is 83.8 Å². The maximum atomic E-state index is 4.21. The molecule has 5 heteroatoms. The standard InChI is InChI=1S/C8H7BrN4/c1-6-2-3-13(12-6)8-5-10-7(9)4-11-8/h2-5H,1H3. The zero-order valence-electron chi connectivity index (χ0n) is 6.98. The van der Waals surface area contributed by atoms with Gasteiger partial charge in [-0.25, -0.2) is 14.6 Å². The monoisotopic (exact) mass is 238 g/mol. The van der Waals surface area contributed by atoms with Crippen molar-refractivity contribution in [2.45, 2.75) is 6.92 Å². The molecule has 66 valence electrons. The summed E-state index contributed by atoms with van der Waals surface area (Å²) in [6, 6.07) is 1.92. The van der Waals surface area contributed by atoms with Crippen molar-refractivity contribution in [2.24, 2.45) is 0 Å². The summed E-state index contributed by atoms with van der Waals surface area (Å²) in [6.07, 6.45) is 5.16. The summed E-state index contributed by atoms with van der Waals surface area (Å²) in [5, 5.41) is 4.21. The molecule has 0 saturated carbocycles. The lowest BCUT2D eigenvalue weighted by Crippen LogP contribution is -1.98. The fraction of sp³-hybridized carbons (Fsp3) is 0.125. The smallest absolute Gasteiger partial charge is 0.171 e. The quantitative estimate of drug-likeness (QED) is 0.761. The molecule has 2 rings (SSSR count). The van der Waals surface area contributed by atoms with Crippen LogP contribution in [0.5, 0.6) is 0 Å². The van der Waals surface area contributed by atoms with Crippen molar-refractivity contribution in [1.29, 1.82) is 0 Å². The molecule has 0 atom stereocenters. The van der Waals surface area contributed by atoms with E-state index in [0.717, 1.165) is 16.1 Å². The molecule has 2 aromatic heterocycles. The fourth-order valence-electron chi connectivity index (χ4n) is 0.966. The second-order valence-electron chi connectivity index (χ2n) is 2.60. The maximum absolute atomic E-state index is 4.21. The van der Waals surface area contributed by atoms with E-state index in [-0.39, 0.29) is 0 Å². The third-order valence-electron chi connectivity index (χ3n) is 1.56. The van der Waals surface area contributed by atoms with Gasteiger partial charge in [-0.2, -0.15) is 5.10 Å². The first-order chi connectivity index (χ1) is 6.25. The van der Waals surface area contributed by atoms with Gasteiger partial charge in [0.25, 0.3) is 0 Å². The van der Waals surface area contributed by atoms with Crippen LogP contribution in [-0.2, 0) is 0 Å². The largest absolute Gasteiger partial charge is 0.244 e. The van der Waals surface area contributed by atoms with Crippen molar-refractivity contribution in [3.05, 3.63) is 35.0 Å². The highest BCUT2D eigenvalue weighted by atomic mass is 79.9. The van der Waals surface area contributed by atoms with Crippen LogP contribution in [0.1, 0.15) is 5.69 Å². The molecule has 0 bridgehead atoms. The van der Waals surface area contributed by atoms with Crippen LogP contribution >= 0.6 is 15.9 Å². The molecule has 2 aromatic rings. The second-order valence-corrected chi connectivity index (χ2v) is 3.41. The van der Waals surface area contributed by atoms with Crippen molar-refractivity contribution >= 4 is 15.9 Å². The van der Waals surface area contributed by atoms with Gasteiger partial charge in [0.1, 0.15) is 4.60 Å². The van der Waals surface area contributed by atoms with Gasteiger partial charge in [0.2, 0.25) is 0 Å². The Balaban J connectivity index is 2.41. The zero-order chi connectivity index (χ0) is 9.26. The molecule has 4 nitrogen and oxygen atoms in total. The van der Waals surface area contributed by atoms with Gasteiger partial charge in [0, 0.05) is 6.20 Å². The SMILES string of the molecule is Cc1ccn(-c2cnc(Br)cn2)n1. The van der Waals surface area contributed by atoms with E-state index in [4.69, 9.17) is 0 Å². The van der Waals surface area contributed by atoms with Gasteiger partial charge in [-0.1, -0.05) is 0 Å². The molecule has 0 amide bonds. The van der Waals surface area contributed by atoms with Crippen molar-refractivity contribution in [1.82, 2.24) is 19.7 Å². The van der Waals surface area contributed by atoms with Crippen molar-refractivity contribution in [2.75, 3.05) is 0 Å². The van der Waals surface area contributed by atoms with Crippen molar-refractivity contribution < 1.29 is 0 Å². The van der Waals surface area contributed by atoms with Crippen LogP contribution in [0.15, 0.2) is 29.3 Å². The fourth-order valence-corrected chi connectivity index (χ4v) is 1.17. The number of nitrogens with zero attached hydrogens (tertiary/aromatic N) is 4. The van der Waals surface area contributed by atoms with E-state index in [1.54, 1.807) is 17.1 Å². The predicted molar refractivity (Wildman–Crippen MR) is 51.6 cm³/mol. The molecule has 0 unspecified atom stereocenters. The van der Waals surface area contributed by atoms with Gasteiger partial charge in [-0.05, 0) is 28.9 Å². The third-order valence-corrected chi connectivity index (χ3v) is 1.97. The van der Waals surface area contributed by atoms with Gasteiger partial charge >= 0.3 is 0 Å². The van der Waals surface area contributed by atoms with Crippen LogP contribution in [0, 0.1) is 6.92 Å². The summed E-state index contributed by atoms with van der Waals surface area (Å²) in [6.45, 7) is 1.93. The first kappa shape index (κ1) is 8.37. The minimum atomic E-state index is 0.719. The first-order valence-corrected chi connectivity index (χ1v) is 4.55. The highest BCUT2D eigenvalue weighted by Gasteiger charge is 1.99. The van der Waals surface area contributed by atoms with E-state index < -0.39 is 0 Å². The number of aromatic nitrogens is 4. The molecule has 0 spiro atoms. The van der Waals surface area contributed by atoms with Crippen LogP contribution in [0.3, 0.4) is 0 Å². The Bertz CT molecular complexity index is 406. The third kappa shape index (κ3) is 1.75. The summed E-state index contributed by atoms with van der Waals surface area (Å²) >= 11 is 3.22. The lowest BCUT2D eigenvalue weighted by atomic mass is 10.5. The van der Waals surface area contributed by atoms with E-state index in [1.807, 2.05) is 19.2 Å². The number of hydrogen-bond acceptors (Lipinski definition) is 3. The van der Waals surface area contributed by atoms with Gasteiger partial charge < -0.3 is 0 Å². The van der Waals surface area contributed by atoms with Gasteiger partial charge in [-0.3, -0.25) is 0 Å². The molecule has 0 aliphatic rings. The van der Waals surface area contributed by atoms with Crippen molar-refractivity contribution in [3.8, 4) is 5.82 Å². The van der Waals surface area contributed by atoms with Gasteiger partial charge in [-0.15, -0.1) is 0 Å². The van der Waals surface area contributed by atoms with Crippen LogP contribution in [0.2, 0.25) is 0 Å². The van der Waals surface area contributed by atoms with E-state index in [0.29, 0.717) is 0 Å². The average molecular weight is 239 g/mol. The zero-order valence-corrected chi connectivity index (χ0v) is 8.56. The molecular formula is C8H7BrN4. The number of aryl methyl sites for hydroxylation is 1. The van der Waals surface area contributed by atoms with Gasteiger partial charge in [0.05, 0.1) is 18.1 Å². The summed E-state index contributed by atoms with van der Waals surface area (Å²) < 4.78 is 2.41. The molecule has 0 saturated heterocycles. The molecule has 0 N–H and O–H groups in total. The Morgan fingerprint density at radius 3 is 2.69 bits per heavy atom. The first-order valence-electron chi connectivity index (χ1n) is 3.76. The highest BCUT2D eigenvalue weighted by molar-refractivity contribution is 9.10. The molecular weight excluding hydrogens is 232 g/mol. The van der Waals surface area contributed by atoms with Crippen LogP contribution < -0.4 is 0 Å². The summed E-state index contributed by atoms with van der Waals surface area (Å²) in [4.78, 5) is 8.21.